The minimum Gasteiger partial charge on any atom is -0.383 e. The Bertz CT molecular complexity index is 898. The van der Waals surface area contributed by atoms with Gasteiger partial charge in [-0.1, -0.05) is 0 Å². The van der Waals surface area contributed by atoms with Crippen molar-refractivity contribution in [1.82, 2.24) is 19.3 Å². The van der Waals surface area contributed by atoms with E-state index < -0.39 is 0 Å². The molecule has 2 aliphatic rings. The number of carbonyl (C=O) groups excluding carboxylic acids is 1. The predicted molar refractivity (Wildman–Crippen MR) is 121 cm³/mol. The zero-order chi connectivity index (χ0) is 21.3. The normalized spacial score (nSPS) is 21.5. The Balaban J connectivity index is 1.45. The molecule has 2 fully saturated rings. The summed E-state index contributed by atoms with van der Waals surface area (Å²) in [5, 5.41) is 1.18. The molecule has 30 heavy (non-hydrogen) atoms. The summed E-state index contributed by atoms with van der Waals surface area (Å²) in [4.78, 5) is 20.3. The average molecular weight is 413 g/mol. The van der Waals surface area contributed by atoms with E-state index in [1.54, 1.807) is 7.11 Å². The fourth-order valence-corrected chi connectivity index (χ4v) is 5.16. The van der Waals surface area contributed by atoms with Crippen LogP contribution >= 0.6 is 0 Å². The number of hydrogen-bond acceptors (Lipinski definition) is 4. The van der Waals surface area contributed by atoms with Gasteiger partial charge < -0.3 is 19.1 Å². The average Bonchev–Trinajstić information content (AvgIpc) is 3.01. The van der Waals surface area contributed by atoms with Gasteiger partial charge in [0.1, 0.15) is 0 Å². The lowest BCUT2D eigenvalue weighted by Crippen LogP contribution is -2.55. The summed E-state index contributed by atoms with van der Waals surface area (Å²) in [6, 6.07) is 6.84. The molecule has 6 heteroatoms. The third-order valence-electron chi connectivity index (χ3n) is 7.12. The van der Waals surface area contributed by atoms with Crippen molar-refractivity contribution in [3.8, 4) is 0 Å². The van der Waals surface area contributed by atoms with Crippen molar-refractivity contribution in [3.05, 3.63) is 35.0 Å². The van der Waals surface area contributed by atoms with Gasteiger partial charge in [0.05, 0.1) is 6.61 Å². The van der Waals surface area contributed by atoms with Crippen LogP contribution in [0.3, 0.4) is 0 Å². The number of fused-ring (bicyclic) bond motifs is 1. The second kappa shape index (κ2) is 9.08. The Morgan fingerprint density at radius 2 is 1.90 bits per heavy atom. The molecule has 1 aromatic carbocycles. The molecule has 0 saturated carbocycles. The van der Waals surface area contributed by atoms with Gasteiger partial charge in [0, 0.05) is 74.6 Å². The molecule has 0 radical (unpaired) electrons. The van der Waals surface area contributed by atoms with E-state index in [0.717, 1.165) is 44.8 Å². The van der Waals surface area contributed by atoms with E-state index >= 15 is 0 Å². The fraction of sp³-hybridized carbons (Fsp3) is 0.625. The lowest BCUT2D eigenvalue weighted by molar-refractivity contribution is 0.0452. The number of amides is 1. The molecule has 1 amide bonds. The van der Waals surface area contributed by atoms with Crippen molar-refractivity contribution < 1.29 is 9.53 Å². The quantitative estimate of drug-likeness (QED) is 0.757. The third-order valence-corrected chi connectivity index (χ3v) is 7.12. The van der Waals surface area contributed by atoms with E-state index in [-0.39, 0.29) is 5.91 Å². The van der Waals surface area contributed by atoms with Gasteiger partial charge >= 0.3 is 0 Å². The Morgan fingerprint density at radius 1 is 1.13 bits per heavy atom. The van der Waals surface area contributed by atoms with Gasteiger partial charge in [-0.05, 0) is 64.0 Å². The second-order valence-electron chi connectivity index (χ2n) is 8.97. The molecule has 164 valence electrons. The maximum atomic E-state index is 13.2. The first-order valence-corrected chi connectivity index (χ1v) is 11.3. The van der Waals surface area contributed by atoms with E-state index in [1.807, 2.05) is 11.0 Å². The Labute approximate surface area is 180 Å². The summed E-state index contributed by atoms with van der Waals surface area (Å²) in [7, 11) is 3.95. The third kappa shape index (κ3) is 4.13. The minimum atomic E-state index is 0.166. The number of likely N-dealkylation sites (N-methyl/N-ethyl adjacent to an activating group) is 1. The summed E-state index contributed by atoms with van der Waals surface area (Å²) in [6.07, 6.45) is 2.57. The van der Waals surface area contributed by atoms with Crippen LogP contribution in [-0.4, -0.2) is 91.2 Å². The molecule has 0 bridgehead atoms. The second-order valence-corrected chi connectivity index (χ2v) is 8.97. The Hall–Kier alpha value is -1.89. The summed E-state index contributed by atoms with van der Waals surface area (Å²) < 4.78 is 7.56. The van der Waals surface area contributed by atoms with Crippen LogP contribution in [0.25, 0.3) is 10.9 Å². The zero-order valence-electron chi connectivity index (χ0n) is 19.0. The molecule has 0 spiro atoms. The van der Waals surface area contributed by atoms with Crippen molar-refractivity contribution in [2.45, 2.75) is 39.3 Å². The van der Waals surface area contributed by atoms with E-state index in [1.165, 1.54) is 41.5 Å². The smallest absolute Gasteiger partial charge is 0.253 e. The number of nitrogens with zero attached hydrogens (tertiary/aromatic N) is 4. The number of hydrogen-bond donors (Lipinski definition) is 0. The largest absolute Gasteiger partial charge is 0.383 e. The number of likely N-dealkylation sites (tertiary alicyclic amines) is 1. The van der Waals surface area contributed by atoms with Crippen LogP contribution in [0.2, 0.25) is 0 Å². The van der Waals surface area contributed by atoms with Gasteiger partial charge in [-0.3, -0.25) is 9.69 Å². The number of benzene rings is 1. The zero-order valence-corrected chi connectivity index (χ0v) is 19.0. The topological polar surface area (TPSA) is 41.0 Å². The van der Waals surface area contributed by atoms with Crippen LogP contribution in [0, 0.1) is 13.8 Å². The number of piperazine rings is 1. The molecule has 3 heterocycles. The summed E-state index contributed by atoms with van der Waals surface area (Å²) in [5.41, 5.74) is 4.49. The van der Waals surface area contributed by atoms with Crippen molar-refractivity contribution in [2.75, 3.05) is 60.0 Å². The van der Waals surface area contributed by atoms with Crippen LogP contribution in [0.15, 0.2) is 18.2 Å². The number of aromatic nitrogens is 1. The molecule has 0 aliphatic carbocycles. The van der Waals surface area contributed by atoms with Gasteiger partial charge in [0.15, 0.2) is 0 Å². The van der Waals surface area contributed by atoms with E-state index in [2.05, 4.69) is 47.4 Å². The monoisotopic (exact) mass is 412 g/mol. The van der Waals surface area contributed by atoms with E-state index in [0.29, 0.717) is 12.6 Å². The van der Waals surface area contributed by atoms with E-state index in [9.17, 15) is 4.79 Å². The predicted octanol–water partition coefficient (Wildman–Crippen LogP) is 2.76. The molecule has 2 aromatic rings. The highest BCUT2D eigenvalue weighted by Crippen LogP contribution is 2.27. The van der Waals surface area contributed by atoms with Crippen molar-refractivity contribution in [3.63, 3.8) is 0 Å². The Kier molecular flexibility index (Phi) is 6.46. The maximum Gasteiger partial charge on any atom is 0.253 e. The number of piperidine rings is 1. The molecular formula is C24H36N4O2. The summed E-state index contributed by atoms with van der Waals surface area (Å²) >= 11 is 0. The number of ether oxygens (including phenoxy) is 1. The molecular weight excluding hydrogens is 376 g/mol. The first-order chi connectivity index (χ1) is 14.5. The highest BCUT2D eigenvalue weighted by atomic mass is 16.5. The first kappa shape index (κ1) is 21.3. The molecule has 1 atom stereocenters. The molecule has 2 aliphatic heterocycles. The first-order valence-electron chi connectivity index (χ1n) is 11.3. The van der Waals surface area contributed by atoms with Gasteiger partial charge in [-0.15, -0.1) is 0 Å². The molecule has 6 nitrogen and oxygen atoms in total. The van der Waals surface area contributed by atoms with E-state index in [4.69, 9.17) is 4.74 Å². The van der Waals surface area contributed by atoms with Crippen molar-refractivity contribution in [2.24, 2.45) is 0 Å². The van der Waals surface area contributed by atoms with Gasteiger partial charge in [0.2, 0.25) is 0 Å². The molecule has 2 saturated heterocycles. The van der Waals surface area contributed by atoms with Crippen molar-refractivity contribution >= 4 is 16.8 Å². The van der Waals surface area contributed by atoms with Gasteiger partial charge in [0.25, 0.3) is 5.91 Å². The summed E-state index contributed by atoms with van der Waals surface area (Å²) in [5.74, 6) is 0.166. The number of aryl methyl sites for hydroxylation is 1. The highest BCUT2D eigenvalue weighted by molar-refractivity contribution is 5.99. The van der Waals surface area contributed by atoms with Crippen LogP contribution in [0.4, 0.5) is 0 Å². The van der Waals surface area contributed by atoms with Crippen LogP contribution < -0.4 is 0 Å². The molecule has 0 N–H and O–H groups in total. The SMILES string of the molecule is COCCn1c(C)c(C)c2cc(C(=O)N3CCN(C4CCCN(C)C4)CC3)ccc21. The lowest BCUT2D eigenvalue weighted by atomic mass is 10.0. The molecule has 1 unspecified atom stereocenters. The standard InChI is InChI=1S/C24H36N4O2/c1-18-19(2)28(14-15-30-4)23-8-7-20(16-22(18)23)24(29)27-12-10-26(11-13-27)21-6-5-9-25(3)17-21/h7-8,16,21H,5-6,9-15,17H2,1-4H3. The van der Waals surface area contributed by atoms with Crippen molar-refractivity contribution in [1.29, 1.82) is 0 Å². The van der Waals surface area contributed by atoms with Gasteiger partial charge in [-0.2, -0.15) is 0 Å². The molecule has 1 aromatic heterocycles. The molecule has 4 rings (SSSR count). The fourth-order valence-electron chi connectivity index (χ4n) is 5.16. The summed E-state index contributed by atoms with van der Waals surface area (Å²) in [6.45, 7) is 11.8. The minimum absolute atomic E-state index is 0.166. The maximum absolute atomic E-state index is 13.2. The Morgan fingerprint density at radius 3 is 2.60 bits per heavy atom. The highest BCUT2D eigenvalue weighted by Gasteiger charge is 2.29. The number of rotatable bonds is 5. The lowest BCUT2D eigenvalue weighted by Gasteiger charge is -2.42. The van der Waals surface area contributed by atoms with Crippen LogP contribution in [0.1, 0.15) is 34.5 Å². The number of carbonyl (C=O) groups is 1. The van der Waals surface area contributed by atoms with Crippen LogP contribution in [0.5, 0.6) is 0 Å². The van der Waals surface area contributed by atoms with Gasteiger partial charge in [-0.25, -0.2) is 0 Å². The number of methoxy groups -OCH3 is 1. The van der Waals surface area contributed by atoms with Crippen LogP contribution in [-0.2, 0) is 11.3 Å².